The normalized spacial score (nSPS) is 41.2. The van der Waals surface area contributed by atoms with E-state index in [2.05, 4.69) is 4.74 Å². The van der Waals surface area contributed by atoms with Gasteiger partial charge in [-0.2, -0.15) is 0 Å². The number of ether oxygens (including phenoxy) is 1. The van der Waals surface area contributed by atoms with Crippen LogP contribution in [0, 0.1) is 0 Å². The highest BCUT2D eigenvalue weighted by atomic mass is 16.6. The molecular weight excluding hydrogens is 168 g/mol. The van der Waals surface area contributed by atoms with Crippen LogP contribution in [0.2, 0.25) is 0 Å². The third-order valence-corrected chi connectivity index (χ3v) is 1.84. The van der Waals surface area contributed by atoms with E-state index in [0.29, 0.717) is 0 Å². The van der Waals surface area contributed by atoms with Gasteiger partial charge in [0.2, 0.25) is 5.79 Å². The van der Waals surface area contributed by atoms with Gasteiger partial charge in [-0.05, 0) is 0 Å². The smallest absolute Gasteiger partial charge is 0.220 e. The van der Waals surface area contributed by atoms with Gasteiger partial charge in [0.05, 0.1) is 6.61 Å². The Hall–Kier alpha value is -0.240. The highest BCUT2D eigenvalue weighted by Crippen LogP contribution is 2.21. The van der Waals surface area contributed by atoms with Crippen molar-refractivity contribution in [1.82, 2.24) is 0 Å². The van der Waals surface area contributed by atoms with Gasteiger partial charge in [0.1, 0.15) is 18.8 Å². The lowest BCUT2D eigenvalue weighted by Crippen LogP contribution is -2.61. The summed E-state index contributed by atoms with van der Waals surface area (Å²) in [5.41, 5.74) is 0. The molecule has 0 aliphatic carbocycles. The fraction of sp³-hybridized carbons (Fsp3) is 1.00. The zero-order valence-corrected chi connectivity index (χ0v) is 6.25. The number of hydrogen-bond donors (Lipinski definition) is 4. The highest BCUT2D eigenvalue weighted by molar-refractivity contribution is 4.90. The zero-order chi connectivity index (χ0) is 9.35. The van der Waals surface area contributed by atoms with Crippen molar-refractivity contribution in [1.29, 1.82) is 0 Å². The number of aliphatic hydroxyl groups excluding tert-OH is 2. The average Bonchev–Trinajstić information content (AvgIpc) is 2.01. The third-order valence-electron chi connectivity index (χ3n) is 1.84. The monoisotopic (exact) mass is 179 g/mol. The maximum absolute atomic E-state index is 11.0. The van der Waals surface area contributed by atoms with Crippen LogP contribution in [0.1, 0.15) is 0 Å². The molecule has 0 aromatic rings. The van der Waals surface area contributed by atoms with Crippen molar-refractivity contribution in [3.05, 3.63) is 0 Å². The van der Waals surface area contributed by atoms with Gasteiger partial charge in [-0.3, -0.25) is 0 Å². The predicted molar refractivity (Wildman–Crippen MR) is 34.5 cm³/mol. The van der Waals surface area contributed by atoms with E-state index in [-0.39, 0.29) is 0 Å². The Bertz CT molecular complexity index is 158. The number of hydrogen-bond acceptors (Lipinski definition) is 5. The Morgan fingerprint density at radius 1 is 1.50 bits per heavy atom. The molecule has 0 aromatic heterocycles. The molecule has 1 radical (unpaired) electrons. The van der Waals surface area contributed by atoms with Gasteiger partial charge in [0, 0.05) is 0 Å². The van der Waals surface area contributed by atoms with E-state index in [1.54, 1.807) is 0 Å². The summed E-state index contributed by atoms with van der Waals surface area (Å²) in [6.45, 7) is -1.11. The average molecular weight is 179 g/mol. The first-order valence-corrected chi connectivity index (χ1v) is 3.50. The summed E-state index contributed by atoms with van der Waals surface area (Å²) < 4.78 is 4.63. The lowest BCUT2D eigenvalue weighted by atomic mass is 9.98. The molecule has 6 heteroatoms. The first kappa shape index (κ1) is 9.85. The Kier molecular flexibility index (Phi) is 2.67. The lowest BCUT2D eigenvalue weighted by Gasteiger charge is -2.37. The van der Waals surface area contributed by atoms with Crippen molar-refractivity contribution >= 4 is 0 Å². The quantitative estimate of drug-likeness (QED) is 0.325. The minimum absolute atomic E-state index is 0.518. The Labute approximate surface area is 68.6 Å². The van der Waals surface area contributed by atoms with Crippen molar-refractivity contribution in [3.63, 3.8) is 0 Å². The Morgan fingerprint density at radius 3 is 2.58 bits per heavy atom. The van der Waals surface area contributed by atoms with E-state index in [1.165, 1.54) is 0 Å². The van der Waals surface area contributed by atoms with Gasteiger partial charge in [-0.1, -0.05) is 0 Å². The molecule has 0 saturated carbocycles. The zero-order valence-electron chi connectivity index (χ0n) is 6.25. The molecule has 1 aliphatic heterocycles. The van der Waals surface area contributed by atoms with Crippen LogP contribution in [0.15, 0.2) is 0 Å². The highest BCUT2D eigenvalue weighted by Gasteiger charge is 2.48. The van der Waals surface area contributed by atoms with Gasteiger partial charge in [0.25, 0.3) is 0 Å². The molecule has 0 aromatic carbocycles. The van der Waals surface area contributed by atoms with Crippen LogP contribution < -0.4 is 0 Å². The van der Waals surface area contributed by atoms with Gasteiger partial charge < -0.3 is 25.2 Å². The van der Waals surface area contributed by atoms with E-state index in [0.717, 1.165) is 0 Å². The summed E-state index contributed by atoms with van der Waals surface area (Å²) in [6.07, 6.45) is -4.60. The summed E-state index contributed by atoms with van der Waals surface area (Å²) in [5.74, 6) is -2.55. The van der Waals surface area contributed by atoms with Crippen molar-refractivity contribution in [2.24, 2.45) is 0 Å². The number of rotatable bonds is 1. The molecular formula is C6H11O6. The van der Waals surface area contributed by atoms with Crippen LogP contribution >= 0.6 is 0 Å². The summed E-state index contributed by atoms with van der Waals surface area (Å²) in [5, 5.41) is 46.4. The van der Waals surface area contributed by atoms with E-state index in [1.807, 2.05) is 0 Å². The maximum atomic E-state index is 11.0. The molecule has 71 valence electrons. The third kappa shape index (κ3) is 1.58. The van der Waals surface area contributed by atoms with Crippen molar-refractivity contribution in [3.8, 4) is 0 Å². The molecule has 0 amide bonds. The van der Waals surface area contributed by atoms with Gasteiger partial charge in [0.15, 0.2) is 6.10 Å². The summed E-state index contributed by atoms with van der Waals surface area (Å²) in [4.78, 5) is 0. The van der Waals surface area contributed by atoms with Crippen LogP contribution in [0.5, 0.6) is 0 Å². The van der Waals surface area contributed by atoms with Gasteiger partial charge in [-0.15, -0.1) is 0 Å². The van der Waals surface area contributed by atoms with E-state index < -0.39 is 37.3 Å². The molecule has 1 heterocycles. The molecule has 1 fully saturated rings. The summed E-state index contributed by atoms with van der Waals surface area (Å²) >= 11 is 0. The fourth-order valence-electron chi connectivity index (χ4n) is 1.04. The molecule has 12 heavy (non-hydrogen) atoms. The Morgan fingerprint density at radius 2 is 2.08 bits per heavy atom. The lowest BCUT2D eigenvalue weighted by molar-refractivity contribution is -0.331. The number of aliphatic hydroxyl groups is 4. The largest absolute Gasteiger partial charge is 0.394 e. The standard InChI is InChI=1S/C6H11O6/c7-1-3-4(8)5(9)6(10,11)2-12-3/h3-5,7-8,10-11H,1-2H2/t3-,4-,5+/m1/s1. The van der Waals surface area contributed by atoms with Crippen molar-refractivity contribution in [2.45, 2.75) is 24.1 Å². The Balaban J connectivity index is 2.65. The minimum Gasteiger partial charge on any atom is -0.394 e. The first-order chi connectivity index (χ1) is 5.49. The fourth-order valence-corrected chi connectivity index (χ4v) is 1.04. The first-order valence-electron chi connectivity index (χ1n) is 3.50. The van der Waals surface area contributed by atoms with E-state index >= 15 is 0 Å². The van der Waals surface area contributed by atoms with Crippen LogP contribution in [0.4, 0.5) is 0 Å². The van der Waals surface area contributed by atoms with Crippen LogP contribution in [0.3, 0.4) is 0 Å². The molecule has 0 unspecified atom stereocenters. The molecule has 0 bridgehead atoms. The molecule has 1 saturated heterocycles. The second-order valence-corrected chi connectivity index (χ2v) is 2.82. The molecule has 6 nitrogen and oxygen atoms in total. The summed E-state index contributed by atoms with van der Waals surface area (Å²) in [7, 11) is 0. The van der Waals surface area contributed by atoms with Crippen molar-refractivity contribution in [2.75, 3.05) is 13.2 Å². The summed E-state index contributed by atoms with van der Waals surface area (Å²) in [6, 6.07) is 0. The molecule has 1 rings (SSSR count). The second-order valence-electron chi connectivity index (χ2n) is 2.82. The van der Waals surface area contributed by atoms with Crippen LogP contribution in [-0.2, 0) is 9.84 Å². The van der Waals surface area contributed by atoms with Crippen LogP contribution in [0.25, 0.3) is 0 Å². The van der Waals surface area contributed by atoms with E-state index in [4.69, 9.17) is 20.4 Å². The SMILES string of the molecule is [O][C@H]1[C@H](O)[C@@H](CO)OCC1(O)O. The molecule has 4 N–H and O–H groups in total. The van der Waals surface area contributed by atoms with Gasteiger partial charge in [-0.25, -0.2) is 5.11 Å². The van der Waals surface area contributed by atoms with Crippen molar-refractivity contribution < 1.29 is 30.3 Å². The van der Waals surface area contributed by atoms with E-state index in [9.17, 15) is 5.11 Å². The molecule has 0 spiro atoms. The molecule has 1 aliphatic rings. The van der Waals surface area contributed by atoms with Crippen LogP contribution in [-0.4, -0.2) is 57.7 Å². The van der Waals surface area contributed by atoms with Gasteiger partial charge >= 0.3 is 0 Å². The maximum Gasteiger partial charge on any atom is 0.220 e. The second kappa shape index (κ2) is 3.25. The topological polar surface area (TPSA) is 110 Å². The minimum atomic E-state index is -2.55. The predicted octanol–water partition coefficient (Wildman–Crippen LogP) is -2.78. The molecule has 3 atom stereocenters.